The van der Waals surface area contributed by atoms with E-state index in [4.69, 9.17) is 10.7 Å². The highest BCUT2D eigenvalue weighted by molar-refractivity contribution is 8.13. The zero-order chi connectivity index (χ0) is 15.6. The molecule has 7 heteroatoms. The lowest BCUT2D eigenvalue weighted by molar-refractivity contribution is 0.0927. The number of rotatable bonds is 3. The number of amides is 1. The number of carbonyl (C=O) groups is 1. The topological polar surface area (TPSA) is 63.2 Å². The molecule has 1 fully saturated rings. The van der Waals surface area contributed by atoms with Gasteiger partial charge in [0.15, 0.2) is 0 Å². The van der Waals surface area contributed by atoms with E-state index in [1.807, 2.05) is 0 Å². The number of carbonyl (C=O) groups excluding carboxylic acids is 1. The van der Waals surface area contributed by atoms with Gasteiger partial charge in [-0.2, -0.15) is 0 Å². The van der Waals surface area contributed by atoms with E-state index in [2.05, 4.69) is 5.32 Å². The SMILES string of the molecule is Cc1cc(C(=O)NC2CCCCC2)cc(S(=O)(=O)Cl)c1F. The van der Waals surface area contributed by atoms with Gasteiger partial charge < -0.3 is 5.32 Å². The number of nitrogens with one attached hydrogen (secondary N) is 1. The Bertz CT molecular complexity index is 654. The fraction of sp³-hybridized carbons (Fsp3) is 0.500. The zero-order valence-corrected chi connectivity index (χ0v) is 13.2. The molecule has 4 nitrogen and oxygen atoms in total. The normalized spacial score (nSPS) is 16.7. The monoisotopic (exact) mass is 333 g/mol. The van der Waals surface area contributed by atoms with Crippen molar-refractivity contribution in [1.29, 1.82) is 0 Å². The maximum atomic E-state index is 13.8. The summed E-state index contributed by atoms with van der Waals surface area (Å²) in [5, 5.41) is 2.86. The first kappa shape index (κ1) is 16.2. The van der Waals surface area contributed by atoms with Crippen LogP contribution in [0.15, 0.2) is 17.0 Å². The van der Waals surface area contributed by atoms with Crippen LogP contribution < -0.4 is 5.32 Å². The minimum absolute atomic E-state index is 0.0746. The fourth-order valence-electron chi connectivity index (χ4n) is 2.56. The van der Waals surface area contributed by atoms with Crippen LogP contribution in [0.2, 0.25) is 0 Å². The minimum Gasteiger partial charge on any atom is -0.349 e. The first-order valence-electron chi connectivity index (χ1n) is 6.84. The van der Waals surface area contributed by atoms with Gasteiger partial charge in [-0.15, -0.1) is 0 Å². The van der Waals surface area contributed by atoms with Gasteiger partial charge in [-0.1, -0.05) is 19.3 Å². The fourth-order valence-corrected chi connectivity index (χ4v) is 3.54. The second-order valence-corrected chi connectivity index (χ2v) is 7.89. The van der Waals surface area contributed by atoms with Crippen molar-refractivity contribution >= 4 is 25.6 Å². The summed E-state index contributed by atoms with van der Waals surface area (Å²) in [5.41, 5.74) is 0.184. The molecule has 1 amide bonds. The maximum absolute atomic E-state index is 13.8. The molecule has 21 heavy (non-hydrogen) atoms. The second kappa shape index (κ2) is 6.32. The van der Waals surface area contributed by atoms with E-state index in [0.717, 1.165) is 38.2 Å². The van der Waals surface area contributed by atoms with Gasteiger partial charge in [0.25, 0.3) is 15.0 Å². The Balaban J connectivity index is 2.27. The molecule has 1 aromatic carbocycles. The smallest absolute Gasteiger partial charge is 0.264 e. The van der Waals surface area contributed by atoms with Crippen LogP contribution in [-0.4, -0.2) is 20.4 Å². The number of hydrogen-bond acceptors (Lipinski definition) is 3. The first-order chi connectivity index (χ1) is 9.79. The Morgan fingerprint density at radius 3 is 2.48 bits per heavy atom. The lowest BCUT2D eigenvalue weighted by atomic mass is 9.95. The van der Waals surface area contributed by atoms with Gasteiger partial charge in [0.1, 0.15) is 10.7 Å². The highest BCUT2D eigenvalue weighted by Gasteiger charge is 2.22. The van der Waals surface area contributed by atoms with Crippen LogP contribution in [0.5, 0.6) is 0 Å². The van der Waals surface area contributed by atoms with Crippen LogP contribution in [-0.2, 0) is 9.05 Å². The largest absolute Gasteiger partial charge is 0.349 e. The van der Waals surface area contributed by atoms with Crippen molar-refractivity contribution in [2.75, 3.05) is 0 Å². The highest BCUT2D eigenvalue weighted by atomic mass is 35.7. The standard InChI is InChI=1S/C14H17ClFNO3S/c1-9-7-10(8-12(13(9)16)21(15,19)20)14(18)17-11-5-3-2-4-6-11/h7-8,11H,2-6H2,1H3,(H,17,18). The molecule has 2 rings (SSSR count). The Morgan fingerprint density at radius 1 is 1.29 bits per heavy atom. The summed E-state index contributed by atoms with van der Waals surface area (Å²) >= 11 is 0. The summed E-state index contributed by atoms with van der Waals surface area (Å²) in [6, 6.07) is 2.41. The summed E-state index contributed by atoms with van der Waals surface area (Å²) in [4.78, 5) is 11.5. The van der Waals surface area contributed by atoms with Gasteiger partial charge in [-0.3, -0.25) is 4.79 Å². The highest BCUT2D eigenvalue weighted by Crippen LogP contribution is 2.24. The number of hydrogen-bond donors (Lipinski definition) is 1. The van der Waals surface area contributed by atoms with Crippen LogP contribution in [0.4, 0.5) is 4.39 Å². The van der Waals surface area contributed by atoms with E-state index in [0.29, 0.717) is 0 Å². The van der Waals surface area contributed by atoms with E-state index >= 15 is 0 Å². The van der Waals surface area contributed by atoms with E-state index in [9.17, 15) is 17.6 Å². The third-order valence-electron chi connectivity index (χ3n) is 3.69. The predicted octanol–water partition coefficient (Wildman–Crippen LogP) is 3.12. The molecule has 116 valence electrons. The lowest BCUT2D eigenvalue weighted by Gasteiger charge is -2.23. The first-order valence-corrected chi connectivity index (χ1v) is 9.15. The number of halogens is 2. The van der Waals surface area contributed by atoms with Gasteiger partial charge in [0, 0.05) is 22.3 Å². The summed E-state index contributed by atoms with van der Waals surface area (Å²) < 4.78 is 36.5. The van der Waals surface area contributed by atoms with E-state index in [-0.39, 0.29) is 17.2 Å². The molecule has 0 spiro atoms. The Hall–Kier alpha value is -1.14. The molecule has 1 saturated carbocycles. The van der Waals surface area contributed by atoms with Crippen LogP contribution in [0.3, 0.4) is 0 Å². The molecule has 0 radical (unpaired) electrons. The van der Waals surface area contributed by atoms with Gasteiger partial charge in [-0.05, 0) is 37.5 Å². The summed E-state index contributed by atoms with van der Waals surface area (Å²) in [7, 11) is 0.977. The van der Waals surface area contributed by atoms with Crippen molar-refractivity contribution in [3.8, 4) is 0 Å². The van der Waals surface area contributed by atoms with Crippen LogP contribution >= 0.6 is 10.7 Å². The third kappa shape index (κ3) is 3.95. The zero-order valence-electron chi connectivity index (χ0n) is 11.7. The molecule has 0 atom stereocenters. The molecule has 0 unspecified atom stereocenters. The molecular weight excluding hydrogens is 317 g/mol. The maximum Gasteiger partial charge on any atom is 0.264 e. The average Bonchev–Trinajstić information content (AvgIpc) is 2.41. The predicted molar refractivity (Wildman–Crippen MR) is 78.5 cm³/mol. The van der Waals surface area contributed by atoms with Crippen molar-refractivity contribution < 1.29 is 17.6 Å². The van der Waals surface area contributed by atoms with E-state index in [1.54, 1.807) is 0 Å². The molecule has 0 heterocycles. The average molecular weight is 334 g/mol. The minimum atomic E-state index is -4.23. The number of benzene rings is 1. The third-order valence-corrected chi connectivity index (χ3v) is 5.01. The van der Waals surface area contributed by atoms with Crippen LogP contribution in [0.1, 0.15) is 48.0 Å². The summed E-state index contributed by atoms with van der Waals surface area (Å²) in [6.07, 6.45) is 5.11. The van der Waals surface area contributed by atoms with Crippen molar-refractivity contribution in [3.05, 3.63) is 29.1 Å². The Labute approximate surface area is 128 Å². The molecule has 0 aliphatic heterocycles. The molecule has 1 aromatic rings. The molecular formula is C14H17ClFNO3S. The second-order valence-electron chi connectivity index (χ2n) is 5.35. The van der Waals surface area contributed by atoms with Gasteiger partial charge >= 0.3 is 0 Å². The van der Waals surface area contributed by atoms with Crippen molar-refractivity contribution in [2.45, 2.75) is 50.0 Å². The lowest BCUT2D eigenvalue weighted by Crippen LogP contribution is -2.36. The number of aryl methyl sites for hydroxylation is 1. The molecule has 1 aliphatic rings. The van der Waals surface area contributed by atoms with Crippen LogP contribution in [0.25, 0.3) is 0 Å². The Morgan fingerprint density at radius 2 is 1.90 bits per heavy atom. The van der Waals surface area contributed by atoms with E-state index < -0.39 is 25.7 Å². The van der Waals surface area contributed by atoms with Gasteiger partial charge in [0.2, 0.25) is 0 Å². The summed E-state index contributed by atoms with van der Waals surface area (Å²) in [6.45, 7) is 1.40. The molecule has 1 N–H and O–H groups in total. The van der Waals surface area contributed by atoms with E-state index in [1.165, 1.54) is 13.0 Å². The van der Waals surface area contributed by atoms with Crippen molar-refractivity contribution in [2.24, 2.45) is 0 Å². The van der Waals surface area contributed by atoms with Gasteiger partial charge in [0.05, 0.1) is 0 Å². The molecule has 0 bridgehead atoms. The molecule has 0 saturated heterocycles. The van der Waals surface area contributed by atoms with Crippen LogP contribution in [0, 0.1) is 12.7 Å². The molecule has 0 aromatic heterocycles. The van der Waals surface area contributed by atoms with Gasteiger partial charge in [-0.25, -0.2) is 12.8 Å². The summed E-state index contributed by atoms with van der Waals surface area (Å²) in [5.74, 6) is -1.31. The quantitative estimate of drug-likeness (QED) is 0.864. The molecule has 1 aliphatic carbocycles. The van der Waals surface area contributed by atoms with Crippen molar-refractivity contribution in [3.63, 3.8) is 0 Å². The van der Waals surface area contributed by atoms with Crippen molar-refractivity contribution in [1.82, 2.24) is 5.32 Å². The Kier molecular flexibility index (Phi) is 4.88.